The van der Waals surface area contributed by atoms with Crippen LogP contribution in [0, 0.1) is 6.92 Å². The molecule has 784 valence electrons. The fourth-order valence-electron chi connectivity index (χ4n) is 11.9. The van der Waals surface area contributed by atoms with E-state index >= 15 is 0 Å². The van der Waals surface area contributed by atoms with Gasteiger partial charge in [-0.3, -0.25) is 9.11 Å². The van der Waals surface area contributed by atoms with Gasteiger partial charge in [-0.25, -0.2) is 76.5 Å². The molecule has 5 heterocycles. The molecule has 0 aliphatic carbocycles. The minimum atomic E-state index is -4.66. The van der Waals surface area contributed by atoms with Crippen molar-refractivity contribution in [1.29, 1.82) is 0 Å². The maximum Gasteiger partial charge on any atom is 0.337 e. The number of carboxylic acid groups (broad SMARTS) is 5. The van der Waals surface area contributed by atoms with E-state index in [9.17, 15) is 130 Å². The molecule has 0 spiro atoms. The number of anilines is 15. The van der Waals surface area contributed by atoms with Gasteiger partial charge in [-0.05, 0) is 108 Å². The molecule has 1 aliphatic rings. The number of aromatic carboxylic acids is 5. The van der Waals surface area contributed by atoms with Crippen LogP contribution in [0.3, 0.4) is 0 Å². The lowest BCUT2D eigenvalue weighted by atomic mass is 10.1. The highest BCUT2D eigenvalue weighted by molar-refractivity contribution is 7.90. The van der Waals surface area contributed by atoms with E-state index in [-0.39, 0.29) is 265 Å². The van der Waals surface area contributed by atoms with Gasteiger partial charge in [0.05, 0.1) is 131 Å². The number of carboxylic acids is 5. The predicted octanol–water partition coefficient (Wildman–Crippen LogP) is -1.31. The Morgan fingerprint density at radius 1 is 0.366 bits per heavy atom. The van der Waals surface area contributed by atoms with Crippen LogP contribution in [0.4, 0.5) is 88.2 Å². The molecule has 1 fully saturated rings. The standard InChI is InChI=1S/C21H30N6O7S.C20H29N7O9S2.C19H29N7O6S.C18H27N7O9S2/c1-3-5-6-17-24-20(23-16-12-14(18(29)30)11-15(13-16)19(31)32)26-21(25-17)27(9-10-28)8-7-22-35(33,34)4-2;1-2-37(31,32)21-5-6-26(7-10-28)19-23-18(24-20(25-19)27-8-11-36-12-9-27)22-16-13-14(38(33,34)35)3-4-15(16)17(29)30;1-3-33(31,32)21-6-8-26(9-11-28)19-24-17(20-7-10-27)23-18(25-19)22-15-5-4-13(2)12-14(15)16(29)30;1-2-35(30,31)20-5-7-25(8-10-27)18-23-16(19-6-9-26)22-17(24-18)21-14-4-3-12(36(32,33)34)11-13(14)15(28)29/h11-13,22,28H,3-10H2,1-2H3,(H,29,30)(H,31,32)(H,23,24,25,26);3-4,13,21,28H,2,5-12H2,1H3,(H,29,30)(H,33,34,35)(H,22,23,24,25);4-5,12,21,27-28H,3,6-11H2,1-2H3,(H,29,30)(H2,20,22,23,24,25);3-4,11,20,26-27H,2,5-10H2,1H3,(H,28,29)(H,32,33,34)(H2,19,21,22,23,24). The van der Waals surface area contributed by atoms with Gasteiger partial charge in [-0.15, -0.1) is 0 Å². The largest absolute Gasteiger partial charge is 0.478 e. The Labute approximate surface area is 816 Å². The van der Waals surface area contributed by atoms with Gasteiger partial charge in [0.2, 0.25) is 106 Å². The molecule has 4 aromatic carbocycles. The van der Waals surface area contributed by atoms with Gasteiger partial charge in [0, 0.05) is 117 Å². The van der Waals surface area contributed by atoms with E-state index in [0.29, 0.717) is 38.5 Å². The number of carbonyl (C=O) groups is 5. The molecule has 58 nitrogen and oxygen atoms in total. The Hall–Kier alpha value is -12.8. The van der Waals surface area contributed by atoms with E-state index < -0.39 is 106 Å². The Kier molecular flexibility index (Phi) is 47.2. The van der Waals surface area contributed by atoms with Crippen LogP contribution in [-0.4, -0.2) is 386 Å². The molecule has 8 aromatic rings. The van der Waals surface area contributed by atoms with Gasteiger partial charge in [-0.1, -0.05) is 25.0 Å². The summed E-state index contributed by atoms with van der Waals surface area (Å²) in [4.78, 5) is 116. The maximum absolute atomic E-state index is 11.8. The third-order valence-corrected chi connectivity index (χ3v) is 26.5. The number of aryl methyl sites for hydroxylation is 2. The van der Waals surface area contributed by atoms with E-state index in [2.05, 4.69) is 111 Å². The molecule has 0 atom stereocenters. The molecular weight excluding hydrogens is 2000 g/mol. The van der Waals surface area contributed by atoms with Crippen molar-refractivity contribution in [2.24, 2.45) is 0 Å². The Bertz CT molecular complexity index is 6280. The fraction of sp³-hybridized carbons (Fsp3) is 0.474. The van der Waals surface area contributed by atoms with Crippen molar-refractivity contribution in [3.05, 3.63) is 112 Å². The first-order valence-electron chi connectivity index (χ1n) is 43.2. The van der Waals surface area contributed by atoms with Crippen molar-refractivity contribution in [3.8, 4) is 0 Å². The van der Waals surface area contributed by atoms with Gasteiger partial charge < -0.3 is 117 Å². The average molecular weight is 2120 g/mol. The van der Waals surface area contributed by atoms with Crippen molar-refractivity contribution >= 4 is 178 Å². The number of nitrogens with zero attached hydrogens (tertiary/aromatic N) is 17. The first kappa shape index (κ1) is 118. The van der Waals surface area contributed by atoms with E-state index in [1.807, 2.05) is 6.92 Å². The van der Waals surface area contributed by atoms with E-state index in [1.54, 1.807) is 33.8 Å². The number of hydrogen-bond acceptors (Lipinski definition) is 47. The van der Waals surface area contributed by atoms with Crippen LogP contribution < -0.4 is 75.3 Å². The summed E-state index contributed by atoms with van der Waals surface area (Å²) in [7, 11) is -23.0. The molecule has 64 heteroatoms. The smallest absolute Gasteiger partial charge is 0.337 e. The van der Waals surface area contributed by atoms with E-state index in [1.165, 1.54) is 55.7 Å². The summed E-state index contributed by atoms with van der Waals surface area (Å²) in [5.74, 6) is -6.12. The zero-order chi connectivity index (χ0) is 105. The summed E-state index contributed by atoms with van der Waals surface area (Å²) >= 11 is 0. The van der Waals surface area contributed by atoms with Gasteiger partial charge in [0.25, 0.3) is 20.2 Å². The fourth-order valence-corrected chi connectivity index (χ4v) is 15.4. The highest BCUT2D eigenvalue weighted by Crippen LogP contribution is 2.30. The van der Waals surface area contributed by atoms with Gasteiger partial charge in [0.1, 0.15) is 5.82 Å². The van der Waals surface area contributed by atoms with E-state index in [0.717, 1.165) is 60.9 Å². The Morgan fingerprint density at radius 3 is 1.11 bits per heavy atom. The van der Waals surface area contributed by atoms with Crippen LogP contribution in [-0.2, 0) is 71.5 Å². The normalized spacial score (nSPS) is 12.2. The summed E-state index contributed by atoms with van der Waals surface area (Å²) in [6.45, 7) is 11.0. The SMILES string of the molecule is CCCCc1nc(Nc2cc(C(=O)O)cc(C(=O)O)c2)nc(N(CCO)CCNS(=O)(=O)CC)n1.CCS(=O)(=O)NCCN(CCO)c1nc(NCCO)nc(Nc2ccc(C)cc2C(=O)O)n1.CCS(=O)(=O)NCCN(CCO)c1nc(NCCO)nc(Nc2ccc(S(=O)(=O)O)cc2C(=O)O)n1.CCS(=O)(=O)NCCN(CCO)c1nc(Nc2cc(S(=O)(=O)O)ccc2C(=O)O)nc(N2CCOCC2)n1. The Balaban J connectivity index is 0.000000290. The summed E-state index contributed by atoms with van der Waals surface area (Å²) < 4.78 is 174. The van der Waals surface area contributed by atoms with Gasteiger partial charge in [0.15, 0.2) is 0 Å². The zero-order valence-electron chi connectivity index (χ0n) is 77.6. The van der Waals surface area contributed by atoms with Crippen molar-refractivity contribution in [2.45, 2.75) is 70.6 Å². The number of benzene rings is 4. The van der Waals surface area contributed by atoms with Crippen LogP contribution >= 0.6 is 0 Å². The van der Waals surface area contributed by atoms with Crippen molar-refractivity contribution in [1.82, 2.24) is 78.7 Å². The van der Waals surface area contributed by atoms with Crippen LogP contribution in [0.25, 0.3) is 0 Å². The monoisotopic (exact) mass is 2120 g/mol. The van der Waals surface area contributed by atoms with Crippen LogP contribution in [0.1, 0.15) is 111 Å². The predicted molar refractivity (Wildman–Crippen MR) is 517 cm³/mol. The highest BCUT2D eigenvalue weighted by Gasteiger charge is 2.28. The van der Waals surface area contributed by atoms with Crippen LogP contribution in [0.5, 0.6) is 0 Å². The average Bonchev–Trinajstić information content (AvgIpc) is 0.801. The molecule has 4 aromatic heterocycles. The van der Waals surface area contributed by atoms with Gasteiger partial charge in [-0.2, -0.15) is 76.6 Å². The number of nitrogens with one attached hydrogen (secondary N) is 10. The minimum Gasteiger partial charge on any atom is -0.478 e. The Morgan fingerprint density at radius 2 is 0.725 bits per heavy atom. The number of aromatic nitrogens is 12. The first-order valence-corrected chi connectivity index (χ1v) is 52.7. The lowest BCUT2D eigenvalue weighted by Crippen LogP contribution is -2.40. The molecule has 0 amide bonds. The van der Waals surface area contributed by atoms with E-state index in [4.69, 9.17) is 14.9 Å². The van der Waals surface area contributed by atoms with Crippen molar-refractivity contribution < 1.29 is 144 Å². The number of hydrogen-bond donors (Lipinski definition) is 23. The quantitative estimate of drug-likeness (QED) is 0.0197. The first-order chi connectivity index (χ1) is 67.1. The number of ether oxygens (including phenoxy) is 1. The molecule has 142 heavy (non-hydrogen) atoms. The maximum atomic E-state index is 11.8. The third kappa shape index (κ3) is 39.6. The van der Waals surface area contributed by atoms with Crippen LogP contribution in [0.2, 0.25) is 0 Å². The third-order valence-electron chi connectivity index (χ3n) is 19.2. The number of morpholine rings is 1. The summed E-state index contributed by atoms with van der Waals surface area (Å²) in [6.07, 6.45) is 2.19. The molecule has 1 saturated heterocycles. The lowest BCUT2D eigenvalue weighted by Gasteiger charge is -2.28. The molecule has 9 rings (SSSR count). The zero-order valence-corrected chi connectivity index (χ0v) is 82.5. The molecule has 0 unspecified atom stereocenters. The number of aliphatic hydroxyl groups is 6. The molecule has 23 N–H and O–H groups in total. The summed E-state index contributed by atoms with van der Waals surface area (Å²) in [5.41, 5.74) is -0.353. The number of aliphatic hydroxyl groups excluding tert-OH is 6. The lowest BCUT2D eigenvalue weighted by molar-refractivity contribution is 0.0680. The minimum absolute atomic E-state index is 0.00290. The van der Waals surface area contributed by atoms with Crippen LogP contribution in [0.15, 0.2) is 82.6 Å². The number of sulfonamides is 4. The van der Waals surface area contributed by atoms with Gasteiger partial charge >= 0.3 is 29.8 Å². The highest BCUT2D eigenvalue weighted by atomic mass is 32.2. The molecule has 1 aliphatic heterocycles. The second kappa shape index (κ2) is 56.8. The topological polar surface area (TPSA) is 854 Å². The molecule has 0 saturated carbocycles. The van der Waals surface area contributed by atoms with Crippen molar-refractivity contribution in [2.75, 3.05) is 237 Å². The second-order valence-electron chi connectivity index (χ2n) is 29.5. The number of rotatable bonds is 57. The number of unbranched alkanes of at least 4 members (excludes halogenated alkanes) is 1. The molecule has 0 radical (unpaired) electrons. The summed E-state index contributed by atoms with van der Waals surface area (Å²) in [5, 5.41) is 120. The summed E-state index contributed by atoms with van der Waals surface area (Å²) in [6, 6.07) is 14.1. The second-order valence-corrected chi connectivity index (χ2v) is 40.7. The van der Waals surface area contributed by atoms with Crippen molar-refractivity contribution in [3.63, 3.8) is 0 Å². The molecular formula is C78H115N27O31S6. The molecule has 0 bridgehead atoms.